The Balaban J connectivity index is 2.76. The number of aliphatic carboxylic acids is 1. The van der Waals surface area contributed by atoms with Crippen LogP contribution in [-0.4, -0.2) is 61.2 Å². The molecule has 1 aliphatic rings. The van der Waals surface area contributed by atoms with E-state index in [4.69, 9.17) is 5.11 Å². The van der Waals surface area contributed by atoms with Crippen LogP contribution < -0.4 is 0 Å². The summed E-state index contributed by atoms with van der Waals surface area (Å²) >= 11 is 0. The second-order valence-electron chi connectivity index (χ2n) is 3.84. The summed E-state index contributed by atoms with van der Waals surface area (Å²) in [4.78, 5) is 11.3. The van der Waals surface area contributed by atoms with Gasteiger partial charge in [0.25, 0.3) is 0 Å². The molecule has 0 aromatic carbocycles. The quantitative estimate of drug-likeness (QED) is 0.792. The summed E-state index contributed by atoms with van der Waals surface area (Å²) < 4.78 is 59.9. The van der Waals surface area contributed by atoms with E-state index in [0.717, 1.165) is 4.90 Å². The summed E-state index contributed by atoms with van der Waals surface area (Å²) in [6.07, 6.45) is -5.73. The van der Waals surface area contributed by atoms with Crippen molar-refractivity contribution in [3.8, 4) is 0 Å². The maximum absolute atomic E-state index is 12.6. The van der Waals surface area contributed by atoms with Crippen LogP contribution in [0.4, 0.5) is 13.2 Å². The van der Waals surface area contributed by atoms with E-state index in [1.165, 1.54) is 0 Å². The van der Waals surface area contributed by atoms with Gasteiger partial charge in [0, 0.05) is 13.1 Å². The molecule has 0 aromatic rings. The van der Waals surface area contributed by atoms with Crippen LogP contribution >= 0.6 is 0 Å². The molecule has 0 amide bonds. The Kier molecular flexibility index (Phi) is 4.03. The monoisotopic (exact) mass is 275 g/mol. The molecule has 1 unspecified atom stereocenters. The van der Waals surface area contributed by atoms with E-state index in [9.17, 15) is 26.4 Å². The standard InChI is InChI=1S/C8H12F3NO4S/c9-8(10,11)6(5-7(13)14)12-1-3-17(15,16)4-2-12/h6H,1-5H2,(H,13,14). The molecule has 100 valence electrons. The normalized spacial score (nSPS) is 23.2. The lowest BCUT2D eigenvalue weighted by Gasteiger charge is -2.34. The number of carboxylic acid groups (broad SMARTS) is 1. The molecule has 1 saturated heterocycles. The second-order valence-corrected chi connectivity index (χ2v) is 6.15. The third-order valence-corrected chi connectivity index (χ3v) is 4.17. The molecule has 1 aliphatic heterocycles. The molecule has 17 heavy (non-hydrogen) atoms. The maximum atomic E-state index is 12.6. The fourth-order valence-corrected chi connectivity index (χ4v) is 2.88. The topological polar surface area (TPSA) is 74.7 Å². The minimum atomic E-state index is -4.67. The Morgan fingerprint density at radius 2 is 1.76 bits per heavy atom. The van der Waals surface area contributed by atoms with Gasteiger partial charge < -0.3 is 5.11 Å². The second kappa shape index (κ2) is 4.81. The number of hydrogen-bond donors (Lipinski definition) is 1. The van der Waals surface area contributed by atoms with Gasteiger partial charge in [-0.15, -0.1) is 0 Å². The summed E-state index contributed by atoms with van der Waals surface area (Å²) in [7, 11) is -3.28. The third kappa shape index (κ3) is 4.15. The first-order chi connectivity index (χ1) is 7.62. The van der Waals surface area contributed by atoms with Crippen LogP contribution in [0.1, 0.15) is 6.42 Å². The first-order valence-electron chi connectivity index (χ1n) is 4.85. The van der Waals surface area contributed by atoms with Gasteiger partial charge in [0.05, 0.1) is 17.9 Å². The van der Waals surface area contributed by atoms with Crippen LogP contribution in [0.15, 0.2) is 0 Å². The molecule has 0 spiro atoms. The maximum Gasteiger partial charge on any atom is 0.404 e. The molecule has 0 radical (unpaired) electrons. The molecule has 0 aromatic heterocycles. The highest BCUT2D eigenvalue weighted by atomic mass is 32.2. The molecule has 1 fully saturated rings. The Labute approximate surface area is 96.1 Å². The lowest BCUT2D eigenvalue weighted by atomic mass is 10.1. The molecule has 1 rings (SSSR count). The summed E-state index contributed by atoms with van der Waals surface area (Å²) in [6, 6.07) is -2.12. The number of carbonyl (C=O) groups is 1. The first-order valence-corrected chi connectivity index (χ1v) is 6.67. The van der Waals surface area contributed by atoms with Gasteiger partial charge in [0.1, 0.15) is 6.04 Å². The number of halogens is 3. The van der Waals surface area contributed by atoms with Gasteiger partial charge in [-0.1, -0.05) is 0 Å². The SMILES string of the molecule is O=C(O)CC(N1CCS(=O)(=O)CC1)C(F)(F)F. The van der Waals surface area contributed by atoms with E-state index in [1.807, 2.05) is 0 Å². The summed E-state index contributed by atoms with van der Waals surface area (Å²) in [6.45, 7) is -0.556. The zero-order chi connectivity index (χ0) is 13.3. The van der Waals surface area contributed by atoms with Gasteiger partial charge >= 0.3 is 12.1 Å². The van der Waals surface area contributed by atoms with E-state index in [-0.39, 0.29) is 24.6 Å². The number of nitrogens with zero attached hydrogens (tertiary/aromatic N) is 1. The number of carboxylic acids is 1. The van der Waals surface area contributed by atoms with Crippen molar-refractivity contribution in [2.45, 2.75) is 18.6 Å². The molecule has 5 nitrogen and oxygen atoms in total. The van der Waals surface area contributed by atoms with Crippen molar-refractivity contribution in [1.29, 1.82) is 0 Å². The van der Waals surface area contributed by atoms with E-state index >= 15 is 0 Å². The lowest BCUT2D eigenvalue weighted by Crippen LogP contribution is -2.52. The van der Waals surface area contributed by atoms with Gasteiger partial charge in [0.2, 0.25) is 0 Å². The smallest absolute Gasteiger partial charge is 0.404 e. The molecule has 0 saturated carbocycles. The van der Waals surface area contributed by atoms with E-state index < -0.39 is 34.4 Å². The van der Waals surface area contributed by atoms with Crippen LogP contribution in [0, 0.1) is 0 Å². The van der Waals surface area contributed by atoms with Gasteiger partial charge in [-0.25, -0.2) is 8.42 Å². The number of hydrogen-bond acceptors (Lipinski definition) is 4. The van der Waals surface area contributed by atoms with Crippen molar-refractivity contribution in [3.05, 3.63) is 0 Å². The predicted molar refractivity (Wildman–Crippen MR) is 52.3 cm³/mol. The number of sulfone groups is 1. The van der Waals surface area contributed by atoms with E-state index in [2.05, 4.69) is 0 Å². The van der Waals surface area contributed by atoms with Gasteiger partial charge in [-0.05, 0) is 0 Å². The molecular weight excluding hydrogens is 263 g/mol. The lowest BCUT2D eigenvalue weighted by molar-refractivity contribution is -0.190. The Morgan fingerprint density at radius 1 is 1.29 bits per heavy atom. The minimum Gasteiger partial charge on any atom is -0.481 e. The summed E-state index contributed by atoms with van der Waals surface area (Å²) in [5.74, 6) is -2.28. The van der Waals surface area contributed by atoms with Gasteiger partial charge in [-0.3, -0.25) is 9.69 Å². The predicted octanol–water partition coefficient (Wildman–Crippen LogP) is 0.122. The average Bonchev–Trinajstić information content (AvgIpc) is 2.13. The van der Waals surface area contributed by atoms with E-state index in [0.29, 0.717) is 0 Å². The fraction of sp³-hybridized carbons (Fsp3) is 0.875. The van der Waals surface area contributed by atoms with Crippen molar-refractivity contribution in [2.75, 3.05) is 24.6 Å². The zero-order valence-electron chi connectivity index (χ0n) is 8.77. The number of alkyl halides is 3. The van der Waals surface area contributed by atoms with Crippen LogP contribution in [-0.2, 0) is 14.6 Å². The van der Waals surface area contributed by atoms with Crippen molar-refractivity contribution in [1.82, 2.24) is 4.90 Å². The van der Waals surface area contributed by atoms with Crippen molar-refractivity contribution < 1.29 is 31.5 Å². The molecular formula is C8H12F3NO4S. The largest absolute Gasteiger partial charge is 0.481 e. The van der Waals surface area contributed by atoms with Gasteiger partial charge in [-0.2, -0.15) is 13.2 Å². The molecule has 1 N–H and O–H groups in total. The van der Waals surface area contributed by atoms with Gasteiger partial charge in [0.15, 0.2) is 9.84 Å². The highest BCUT2D eigenvalue weighted by Crippen LogP contribution is 2.28. The minimum absolute atomic E-state index is 0.278. The zero-order valence-corrected chi connectivity index (χ0v) is 9.59. The highest BCUT2D eigenvalue weighted by molar-refractivity contribution is 7.91. The Bertz CT molecular complexity index is 378. The highest BCUT2D eigenvalue weighted by Gasteiger charge is 2.45. The number of rotatable bonds is 3. The van der Waals surface area contributed by atoms with Crippen molar-refractivity contribution in [3.63, 3.8) is 0 Å². The van der Waals surface area contributed by atoms with Crippen LogP contribution in [0.5, 0.6) is 0 Å². The van der Waals surface area contributed by atoms with Crippen LogP contribution in [0.2, 0.25) is 0 Å². The van der Waals surface area contributed by atoms with Crippen molar-refractivity contribution in [2.24, 2.45) is 0 Å². The van der Waals surface area contributed by atoms with Crippen molar-refractivity contribution >= 4 is 15.8 Å². The first kappa shape index (κ1) is 14.2. The summed E-state index contributed by atoms with van der Waals surface area (Å²) in [5, 5.41) is 8.44. The van der Waals surface area contributed by atoms with E-state index in [1.54, 1.807) is 0 Å². The van der Waals surface area contributed by atoms with Crippen LogP contribution in [0.3, 0.4) is 0 Å². The summed E-state index contributed by atoms with van der Waals surface area (Å²) in [5.41, 5.74) is 0. The Morgan fingerprint density at radius 3 is 2.12 bits per heavy atom. The Hall–Kier alpha value is -0.830. The molecule has 1 atom stereocenters. The molecule has 0 bridgehead atoms. The van der Waals surface area contributed by atoms with Crippen LogP contribution in [0.25, 0.3) is 0 Å². The molecule has 0 aliphatic carbocycles. The third-order valence-electron chi connectivity index (χ3n) is 2.57. The average molecular weight is 275 g/mol. The fourth-order valence-electron chi connectivity index (χ4n) is 1.66. The molecule has 9 heteroatoms. The molecule has 1 heterocycles.